The van der Waals surface area contributed by atoms with Gasteiger partial charge in [0.2, 0.25) is 0 Å². The van der Waals surface area contributed by atoms with Crippen LogP contribution in [0.15, 0.2) is 66.7 Å². The molecule has 0 unspecified atom stereocenters. The number of rotatable bonds is 3. The van der Waals surface area contributed by atoms with Crippen LogP contribution in [-0.2, 0) is 0 Å². The SMILES string of the molecule is C(=C(c1ccccc1)c1ccccc1)C1CC[N]CC1. The molecule has 101 valence electrons. The first-order valence-corrected chi connectivity index (χ1v) is 7.39. The smallest absolute Gasteiger partial charge is 0.0139 e. The Morgan fingerprint density at radius 2 is 1.30 bits per heavy atom. The van der Waals surface area contributed by atoms with Gasteiger partial charge in [-0.3, -0.25) is 0 Å². The summed E-state index contributed by atoms with van der Waals surface area (Å²) in [5, 5.41) is 4.45. The molecule has 0 aliphatic carbocycles. The summed E-state index contributed by atoms with van der Waals surface area (Å²) in [6.45, 7) is 2.02. The largest absolute Gasteiger partial charge is 0.242 e. The molecule has 1 aliphatic heterocycles. The number of piperidine rings is 1. The van der Waals surface area contributed by atoms with Crippen molar-refractivity contribution in [1.82, 2.24) is 5.32 Å². The fourth-order valence-corrected chi connectivity index (χ4v) is 2.77. The summed E-state index contributed by atoms with van der Waals surface area (Å²) in [5.74, 6) is 0.655. The molecule has 1 saturated heterocycles. The maximum absolute atomic E-state index is 4.45. The Morgan fingerprint density at radius 3 is 1.80 bits per heavy atom. The normalized spacial score (nSPS) is 15.8. The minimum absolute atomic E-state index is 0.655. The van der Waals surface area contributed by atoms with E-state index in [1.807, 2.05) is 0 Å². The monoisotopic (exact) mass is 262 g/mol. The van der Waals surface area contributed by atoms with Crippen LogP contribution in [0.5, 0.6) is 0 Å². The molecule has 1 fully saturated rings. The molecule has 0 amide bonds. The van der Waals surface area contributed by atoms with Crippen molar-refractivity contribution < 1.29 is 0 Å². The highest BCUT2D eigenvalue weighted by atomic mass is 14.9. The number of hydrogen-bond acceptors (Lipinski definition) is 0. The highest BCUT2D eigenvalue weighted by molar-refractivity contribution is 5.79. The number of benzene rings is 2. The second kappa shape index (κ2) is 6.53. The van der Waals surface area contributed by atoms with E-state index in [1.54, 1.807) is 0 Å². The first kappa shape index (κ1) is 13.1. The molecule has 1 aliphatic rings. The van der Waals surface area contributed by atoms with E-state index in [0.29, 0.717) is 5.92 Å². The molecule has 20 heavy (non-hydrogen) atoms. The van der Waals surface area contributed by atoms with Crippen LogP contribution in [-0.4, -0.2) is 13.1 Å². The zero-order valence-corrected chi connectivity index (χ0v) is 11.7. The molecule has 3 rings (SSSR count). The average molecular weight is 262 g/mol. The van der Waals surface area contributed by atoms with Crippen LogP contribution in [0.3, 0.4) is 0 Å². The van der Waals surface area contributed by atoms with Gasteiger partial charge >= 0.3 is 0 Å². The van der Waals surface area contributed by atoms with Crippen LogP contribution >= 0.6 is 0 Å². The predicted octanol–water partition coefficient (Wildman–Crippen LogP) is 4.13. The molecule has 0 bridgehead atoms. The van der Waals surface area contributed by atoms with Gasteiger partial charge in [0.1, 0.15) is 0 Å². The molecule has 0 spiro atoms. The van der Waals surface area contributed by atoms with Crippen molar-refractivity contribution >= 4 is 5.57 Å². The summed E-state index contributed by atoms with van der Waals surface area (Å²) in [6, 6.07) is 21.4. The fourth-order valence-electron chi connectivity index (χ4n) is 2.77. The molecule has 1 heterocycles. The van der Waals surface area contributed by atoms with Gasteiger partial charge in [-0.2, -0.15) is 0 Å². The third-order valence-corrected chi connectivity index (χ3v) is 3.89. The number of hydrogen-bond donors (Lipinski definition) is 0. The van der Waals surface area contributed by atoms with Gasteiger partial charge in [0.25, 0.3) is 0 Å². The minimum atomic E-state index is 0.655. The topological polar surface area (TPSA) is 14.1 Å². The second-order valence-electron chi connectivity index (χ2n) is 5.32. The first-order chi connectivity index (χ1) is 9.93. The lowest BCUT2D eigenvalue weighted by Crippen LogP contribution is -2.21. The second-order valence-corrected chi connectivity index (χ2v) is 5.32. The van der Waals surface area contributed by atoms with E-state index < -0.39 is 0 Å². The Morgan fingerprint density at radius 1 is 0.800 bits per heavy atom. The van der Waals surface area contributed by atoms with Crippen molar-refractivity contribution in [2.45, 2.75) is 12.8 Å². The molecular weight excluding hydrogens is 242 g/mol. The van der Waals surface area contributed by atoms with Crippen molar-refractivity contribution in [1.29, 1.82) is 0 Å². The third kappa shape index (κ3) is 3.17. The molecule has 0 N–H and O–H groups in total. The molecule has 2 aromatic carbocycles. The van der Waals surface area contributed by atoms with Crippen molar-refractivity contribution in [3.8, 4) is 0 Å². The zero-order valence-electron chi connectivity index (χ0n) is 11.7. The Labute approximate surface area is 121 Å². The Bertz CT molecular complexity index is 509. The lowest BCUT2D eigenvalue weighted by molar-refractivity contribution is 0.431. The van der Waals surface area contributed by atoms with Crippen LogP contribution in [0.1, 0.15) is 24.0 Å². The van der Waals surface area contributed by atoms with Gasteiger partial charge < -0.3 is 0 Å². The van der Waals surface area contributed by atoms with Crippen molar-refractivity contribution in [3.63, 3.8) is 0 Å². The Hall–Kier alpha value is -1.86. The van der Waals surface area contributed by atoms with Gasteiger partial charge in [0, 0.05) is 13.1 Å². The maximum atomic E-state index is 4.45. The summed E-state index contributed by atoms with van der Waals surface area (Å²) in [4.78, 5) is 0. The van der Waals surface area contributed by atoms with E-state index in [1.165, 1.54) is 29.5 Å². The van der Waals surface area contributed by atoms with Gasteiger partial charge in [0.15, 0.2) is 0 Å². The van der Waals surface area contributed by atoms with E-state index in [2.05, 4.69) is 72.1 Å². The molecular formula is C19H20N. The number of nitrogens with zero attached hydrogens (tertiary/aromatic N) is 1. The third-order valence-electron chi connectivity index (χ3n) is 3.89. The standard InChI is InChI=1S/C19H20N/c1-3-7-17(8-4-1)19(18-9-5-2-6-10-18)15-16-11-13-20-14-12-16/h1-10,15-16H,11-14H2. The summed E-state index contributed by atoms with van der Waals surface area (Å²) in [7, 11) is 0. The Kier molecular flexibility index (Phi) is 4.29. The van der Waals surface area contributed by atoms with Crippen LogP contribution in [0.25, 0.3) is 5.57 Å². The summed E-state index contributed by atoms with van der Waals surface area (Å²) < 4.78 is 0. The van der Waals surface area contributed by atoms with Gasteiger partial charge in [-0.1, -0.05) is 66.7 Å². The Balaban J connectivity index is 1.97. The minimum Gasteiger partial charge on any atom is -0.242 e. The molecule has 1 radical (unpaired) electrons. The van der Waals surface area contributed by atoms with Gasteiger partial charge in [-0.05, 0) is 35.5 Å². The lowest BCUT2D eigenvalue weighted by Gasteiger charge is -2.20. The highest BCUT2D eigenvalue weighted by Crippen LogP contribution is 2.27. The van der Waals surface area contributed by atoms with Crippen LogP contribution < -0.4 is 5.32 Å². The molecule has 1 heteroatoms. The van der Waals surface area contributed by atoms with Crippen molar-refractivity contribution in [2.75, 3.05) is 13.1 Å². The van der Waals surface area contributed by atoms with Crippen LogP contribution in [0, 0.1) is 5.92 Å². The van der Waals surface area contributed by atoms with E-state index in [4.69, 9.17) is 0 Å². The highest BCUT2D eigenvalue weighted by Gasteiger charge is 2.13. The van der Waals surface area contributed by atoms with Crippen molar-refractivity contribution in [2.24, 2.45) is 5.92 Å². The van der Waals surface area contributed by atoms with E-state index in [9.17, 15) is 0 Å². The summed E-state index contributed by atoms with van der Waals surface area (Å²) in [6.07, 6.45) is 4.83. The van der Waals surface area contributed by atoms with Gasteiger partial charge in [-0.25, -0.2) is 5.32 Å². The first-order valence-electron chi connectivity index (χ1n) is 7.39. The molecule has 0 atom stereocenters. The van der Waals surface area contributed by atoms with E-state index in [0.717, 1.165) is 13.1 Å². The average Bonchev–Trinajstić information content (AvgIpc) is 2.55. The summed E-state index contributed by atoms with van der Waals surface area (Å²) in [5.41, 5.74) is 3.97. The predicted molar refractivity (Wildman–Crippen MR) is 84.6 cm³/mol. The van der Waals surface area contributed by atoms with Gasteiger partial charge in [-0.15, -0.1) is 0 Å². The van der Waals surface area contributed by atoms with Crippen molar-refractivity contribution in [3.05, 3.63) is 77.9 Å². The maximum Gasteiger partial charge on any atom is 0.0139 e. The van der Waals surface area contributed by atoms with E-state index >= 15 is 0 Å². The summed E-state index contributed by atoms with van der Waals surface area (Å²) >= 11 is 0. The molecule has 0 saturated carbocycles. The molecule has 1 nitrogen and oxygen atoms in total. The fraction of sp³-hybridized carbons (Fsp3) is 0.263. The lowest BCUT2D eigenvalue weighted by atomic mass is 9.90. The molecule has 0 aromatic heterocycles. The number of allylic oxidation sites excluding steroid dienone is 1. The van der Waals surface area contributed by atoms with Crippen LogP contribution in [0.2, 0.25) is 0 Å². The quantitative estimate of drug-likeness (QED) is 0.789. The molecule has 2 aromatic rings. The van der Waals surface area contributed by atoms with Crippen LogP contribution in [0.4, 0.5) is 0 Å². The van der Waals surface area contributed by atoms with Gasteiger partial charge in [0.05, 0.1) is 0 Å². The van der Waals surface area contributed by atoms with E-state index in [-0.39, 0.29) is 0 Å². The zero-order chi connectivity index (χ0) is 13.6.